The van der Waals surface area contributed by atoms with Gasteiger partial charge in [0.25, 0.3) is 11.1 Å². The van der Waals surface area contributed by atoms with Crippen molar-refractivity contribution in [3.63, 3.8) is 0 Å². The van der Waals surface area contributed by atoms with Gasteiger partial charge in [-0.3, -0.25) is 23.1 Å². The average molecular weight is 699 g/mol. The number of aromatic nitrogens is 4. The second-order valence-electron chi connectivity index (χ2n) is 12.7. The highest BCUT2D eigenvalue weighted by molar-refractivity contribution is 6.20. The molecule has 0 bridgehead atoms. The molecule has 0 aliphatic carbocycles. The normalized spacial score (nSPS) is 17.0. The van der Waals surface area contributed by atoms with Crippen molar-refractivity contribution in [2.45, 2.75) is 12.7 Å². The number of aromatic hydroxyl groups is 2. The summed E-state index contributed by atoms with van der Waals surface area (Å²) in [6, 6.07) is 28.3. The highest BCUT2D eigenvalue weighted by Gasteiger charge is 2.26. The molecule has 2 unspecified atom stereocenters. The zero-order valence-electron chi connectivity index (χ0n) is 27.1. The third-order valence-corrected chi connectivity index (χ3v) is 9.81. The van der Waals surface area contributed by atoms with Crippen molar-refractivity contribution in [3.05, 3.63) is 118 Å². The van der Waals surface area contributed by atoms with Gasteiger partial charge in [-0.05, 0) is 48.5 Å². The molecule has 5 heterocycles. The molecule has 1 aliphatic rings. The number of ether oxygens (including phenoxy) is 1. The summed E-state index contributed by atoms with van der Waals surface area (Å²) in [5.74, 6) is -0.313. The first-order valence-electron chi connectivity index (χ1n) is 16.6. The van der Waals surface area contributed by atoms with Gasteiger partial charge in [-0.2, -0.15) is 0 Å². The third kappa shape index (κ3) is 4.08. The second-order valence-corrected chi connectivity index (χ2v) is 12.7. The molecule has 15 heteroatoms. The highest BCUT2D eigenvalue weighted by atomic mass is 16.6. The lowest BCUT2D eigenvalue weighted by Gasteiger charge is -2.11. The van der Waals surface area contributed by atoms with Crippen LogP contribution in [0.3, 0.4) is 0 Å². The van der Waals surface area contributed by atoms with Crippen LogP contribution in [0.1, 0.15) is 0 Å². The summed E-state index contributed by atoms with van der Waals surface area (Å²) in [6.07, 6.45) is -2.07. The molecule has 53 heavy (non-hydrogen) atoms. The molecule has 2 atom stereocenters. The minimum Gasteiger partial charge on any atom is -0.506 e. The standard InChI is InChI=1S/C38H22N10O5/c49-27-15-21-29-17(7-5-9-19(29)35(51)47-25-13-3-1-11-23(25)39-33(21)47)31(27)41-43-37-45-46-38(53-37)44-42-32-18-8-6-10-20-30(18)22(16-28(32)50)34-40-24-12-2-4-14-26(24)48(34)36(20)52/h1-16,37-38,45-46,49-50H. The SMILES string of the molecule is O=c1c2cccc3c(N=NC4NNC(N=Nc5c(O)cc6c7c5cccc7c(=O)n5c7ccccc7nc65)O4)c(O)cc(c32)c2nc3ccccc3n12. The number of pyridine rings is 2. The molecule has 6 aromatic carbocycles. The largest absolute Gasteiger partial charge is 0.506 e. The number of nitrogens with zero attached hydrogens (tertiary/aromatic N) is 8. The van der Waals surface area contributed by atoms with Gasteiger partial charge in [0, 0.05) is 43.1 Å². The van der Waals surface area contributed by atoms with Crippen LogP contribution in [0.5, 0.6) is 11.5 Å². The van der Waals surface area contributed by atoms with Crippen LogP contribution in [0.4, 0.5) is 11.4 Å². The van der Waals surface area contributed by atoms with Gasteiger partial charge >= 0.3 is 0 Å². The van der Waals surface area contributed by atoms with Crippen molar-refractivity contribution >= 4 is 87.8 Å². The predicted octanol–water partition coefficient (Wildman–Crippen LogP) is 6.47. The van der Waals surface area contributed by atoms with Crippen molar-refractivity contribution in [1.29, 1.82) is 0 Å². The van der Waals surface area contributed by atoms with Gasteiger partial charge < -0.3 is 10.2 Å². The first-order chi connectivity index (χ1) is 25.9. The quantitative estimate of drug-likeness (QED) is 0.149. The maximum Gasteiger partial charge on any atom is 0.264 e. The number of benzene rings is 6. The maximum atomic E-state index is 13.7. The number of hydrogen-bond acceptors (Lipinski definition) is 13. The molecule has 1 fully saturated rings. The molecular weight excluding hydrogens is 676 g/mol. The Balaban J connectivity index is 0.930. The van der Waals surface area contributed by atoms with E-state index in [-0.39, 0.29) is 34.0 Å². The van der Waals surface area contributed by atoms with E-state index in [1.807, 2.05) is 48.5 Å². The minimum atomic E-state index is -1.04. The number of hydrazine groups is 1. The van der Waals surface area contributed by atoms with E-state index in [1.54, 1.807) is 45.2 Å². The molecule has 1 aliphatic heterocycles. The van der Waals surface area contributed by atoms with Crippen LogP contribution < -0.4 is 22.0 Å². The zero-order chi connectivity index (χ0) is 35.5. The smallest absolute Gasteiger partial charge is 0.264 e. The molecule has 254 valence electrons. The number of rotatable bonds is 4. The number of phenolic OH excluding ortho intramolecular Hbond substituents is 2. The number of imidazole rings is 2. The van der Waals surface area contributed by atoms with Crippen LogP contribution in [0.25, 0.3) is 76.5 Å². The number of hydrogen-bond donors (Lipinski definition) is 4. The van der Waals surface area contributed by atoms with Crippen LogP contribution in [0, 0.1) is 0 Å². The summed E-state index contributed by atoms with van der Waals surface area (Å²) >= 11 is 0. The fourth-order valence-corrected chi connectivity index (χ4v) is 7.56. The zero-order valence-corrected chi connectivity index (χ0v) is 27.1. The summed E-state index contributed by atoms with van der Waals surface area (Å²) in [6.45, 7) is 0. The van der Waals surface area contributed by atoms with Gasteiger partial charge in [-0.1, -0.05) is 48.5 Å². The molecule has 1 saturated heterocycles. The fraction of sp³-hybridized carbons (Fsp3) is 0.0526. The Kier molecular flexibility index (Phi) is 5.94. The number of phenols is 2. The van der Waals surface area contributed by atoms with Crippen molar-refractivity contribution in [1.82, 2.24) is 29.6 Å². The number of azo groups is 2. The van der Waals surface area contributed by atoms with Crippen molar-refractivity contribution in [3.8, 4) is 11.5 Å². The fourth-order valence-electron chi connectivity index (χ4n) is 7.56. The Morgan fingerprint density at radius 2 is 1.00 bits per heavy atom. The van der Waals surface area contributed by atoms with E-state index < -0.39 is 12.7 Å². The molecule has 0 saturated carbocycles. The van der Waals surface area contributed by atoms with Crippen LogP contribution in [0.2, 0.25) is 0 Å². The number of para-hydroxylation sites is 4. The second kappa shape index (κ2) is 10.7. The summed E-state index contributed by atoms with van der Waals surface area (Å²) in [4.78, 5) is 36.8. The number of nitrogens with one attached hydrogen (secondary N) is 2. The molecular formula is C38H22N10O5. The highest BCUT2D eigenvalue weighted by Crippen LogP contribution is 2.43. The van der Waals surface area contributed by atoms with Crippen LogP contribution in [-0.4, -0.2) is 41.7 Å². The summed E-state index contributed by atoms with van der Waals surface area (Å²) in [5.41, 5.74) is 9.05. The molecule has 10 aromatic rings. The van der Waals surface area contributed by atoms with Gasteiger partial charge in [-0.25, -0.2) is 20.8 Å². The van der Waals surface area contributed by atoms with E-state index in [4.69, 9.17) is 14.7 Å². The van der Waals surface area contributed by atoms with E-state index in [9.17, 15) is 19.8 Å². The van der Waals surface area contributed by atoms with Crippen molar-refractivity contribution < 1.29 is 14.9 Å². The van der Waals surface area contributed by atoms with Gasteiger partial charge in [0.1, 0.15) is 34.2 Å². The Bertz CT molecular complexity index is 3150. The first kappa shape index (κ1) is 29.5. The van der Waals surface area contributed by atoms with Crippen LogP contribution >= 0.6 is 0 Å². The molecule has 0 spiro atoms. The maximum absolute atomic E-state index is 13.7. The monoisotopic (exact) mass is 698 g/mol. The molecule has 0 radical (unpaired) electrons. The van der Waals surface area contributed by atoms with Crippen molar-refractivity contribution in [2.75, 3.05) is 0 Å². The molecule has 4 aromatic heterocycles. The summed E-state index contributed by atoms with van der Waals surface area (Å²) < 4.78 is 8.94. The third-order valence-electron chi connectivity index (χ3n) is 9.81. The van der Waals surface area contributed by atoms with E-state index in [0.29, 0.717) is 76.5 Å². The molecule has 4 N–H and O–H groups in total. The molecule has 15 nitrogen and oxygen atoms in total. The van der Waals surface area contributed by atoms with Gasteiger partial charge in [0.15, 0.2) is 0 Å². The summed E-state index contributed by atoms with van der Waals surface area (Å²) in [5, 5.41) is 43.8. The lowest BCUT2D eigenvalue weighted by atomic mass is 10.0. The van der Waals surface area contributed by atoms with E-state index in [2.05, 4.69) is 31.3 Å². The first-order valence-corrected chi connectivity index (χ1v) is 16.6. The topological polar surface area (TPSA) is 192 Å². The lowest BCUT2D eigenvalue weighted by Crippen LogP contribution is -2.31. The van der Waals surface area contributed by atoms with Crippen LogP contribution in [-0.2, 0) is 4.74 Å². The minimum absolute atomic E-state index is 0.148. The van der Waals surface area contributed by atoms with E-state index >= 15 is 0 Å². The van der Waals surface area contributed by atoms with Crippen molar-refractivity contribution in [2.24, 2.45) is 20.5 Å². The number of fused-ring (bicyclic) bond motifs is 8. The Hall–Kier alpha value is -7.20. The van der Waals surface area contributed by atoms with E-state index in [1.165, 1.54) is 12.1 Å². The molecule has 0 amide bonds. The predicted molar refractivity (Wildman–Crippen MR) is 198 cm³/mol. The molecule has 11 rings (SSSR count). The summed E-state index contributed by atoms with van der Waals surface area (Å²) in [7, 11) is 0. The van der Waals surface area contributed by atoms with E-state index in [0.717, 1.165) is 0 Å². The Morgan fingerprint density at radius 1 is 0.566 bits per heavy atom. The Labute approximate surface area is 294 Å². The van der Waals surface area contributed by atoms with Crippen LogP contribution in [0.15, 0.2) is 127 Å². The Morgan fingerprint density at radius 3 is 1.47 bits per heavy atom. The average Bonchev–Trinajstić information content (AvgIpc) is 3.91. The van der Waals surface area contributed by atoms with Gasteiger partial charge in [-0.15, -0.1) is 20.5 Å². The lowest BCUT2D eigenvalue weighted by molar-refractivity contribution is 0.0388. The van der Waals surface area contributed by atoms with Gasteiger partial charge in [0.05, 0.1) is 22.1 Å². The van der Waals surface area contributed by atoms with Gasteiger partial charge in [0.2, 0.25) is 12.7 Å².